The smallest absolute Gasteiger partial charge is 0.478 e. The van der Waals surface area contributed by atoms with E-state index in [-0.39, 0.29) is 41.7 Å². The zero-order chi connectivity index (χ0) is 29.8. The third-order valence-electron chi connectivity index (χ3n) is 8.44. The topological polar surface area (TPSA) is 130 Å². The van der Waals surface area contributed by atoms with Crippen molar-refractivity contribution in [2.45, 2.75) is 68.6 Å². The molecular weight excluding hydrogens is 571 g/mol. The van der Waals surface area contributed by atoms with E-state index in [1.807, 2.05) is 0 Å². The predicted octanol–water partition coefficient (Wildman–Crippen LogP) is 6.62. The number of halogens is 3. The van der Waals surface area contributed by atoms with Crippen LogP contribution in [0.3, 0.4) is 0 Å². The van der Waals surface area contributed by atoms with Gasteiger partial charge in [0.25, 0.3) is 5.89 Å². The Labute approximate surface area is 242 Å². The third kappa shape index (κ3) is 5.27. The summed E-state index contributed by atoms with van der Waals surface area (Å²) in [6.45, 7) is 0.365. The Kier molecular flexibility index (Phi) is 6.54. The molecule has 4 aromatic rings. The van der Waals surface area contributed by atoms with Crippen LogP contribution in [0.5, 0.6) is 5.75 Å². The average Bonchev–Trinajstić information content (AvgIpc) is 3.55. The van der Waals surface area contributed by atoms with Crippen LogP contribution >= 0.6 is 0 Å². The number of ether oxygens (including phenoxy) is 3. The van der Waals surface area contributed by atoms with E-state index in [2.05, 4.69) is 20.0 Å². The molecule has 2 aliphatic carbocycles. The number of carboxylic acids is 1. The highest BCUT2D eigenvalue weighted by Gasteiger charge is 2.54. The van der Waals surface area contributed by atoms with Gasteiger partial charge in [-0.3, -0.25) is 0 Å². The monoisotopic (exact) mass is 597 g/mol. The van der Waals surface area contributed by atoms with E-state index < -0.39 is 23.5 Å². The zero-order valence-electron chi connectivity index (χ0n) is 22.7. The van der Waals surface area contributed by atoms with Gasteiger partial charge in [0, 0.05) is 22.6 Å². The van der Waals surface area contributed by atoms with Gasteiger partial charge in [0.2, 0.25) is 5.82 Å². The zero-order valence-corrected chi connectivity index (χ0v) is 22.7. The summed E-state index contributed by atoms with van der Waals surface area (Å²) in [6, 6.07) is 12.1. The Bertz CT molecular complexity index is 1640. The molecule has 4 fully saturated rings. The first-order valence-electron chi connectivity index (χ1n) is 13.9. The number of para-hydroxylation sites is 1. The molecule has 8 rings (SSSR count). The molecule has 2 saturated carbocycles. The van der Waals surface area contributed by atoms with Crippen molar-refractivity contribution in [1.29, 1.82) is 0 Å². The highest BCUT2D eigenvalue weighted by Crippen LogP contribution is 2.52. The Morgan fingerprint density at radius 1 is 1.00 bits per heavy atom. The van der Waals surface area contributed by atoms with Crippen molar-refractivity contribution in [3.63, 3.8) is 0 Å². The van der Waals surface area contributed by atoms with E-state index in [9.17, 15) is 18.0 Å². The molecule has 0 unspecified atom stereocenters. The van der Waals surface area contributed by atoms with Crippen molar-refractivity contribution in [2.24, 2.45) is 0 Å². The van der Waals surface area contributed by atoms with E-state index >= 15 is 0 Å². The van der Waals surface area contributed by atoms with Crippen LogP contribution in [0.15, 0.2) is 57.6 Å². The Hall–Kier alpha value is -4.23. The molecule has 13 heteroatoms. The number of fused-ring (bicyclic) bond motifs is 3. The normalized spacial score (nSPS) is 23.4. The highest BCUT2D eigenvalue weighted by atomic mass is 19.4. The van der Waals surface area contributed by atoms with Crippen LogP contribution in [-0.2, 0) is 21.7 Å². The number of rotatable bonds is 9. The minimum absolute atomic E-state index is 0.0957. The Morgan fingerprint density at radius 3 is 2.40 bits per heavy atom. The molecule has 2 aliphatic heterocycles. The number of carbonyl (C=O) groups is 1. The Morgan fingerprint density at radius 2 is 1.74 bits per heavy atom. The molecule has 4 heterocycles. The summed E-state index contributed by atoms with van der Waals surface area (Å²) in [5, 5.41) is 17.4. The van der Waals surface area contributed by atoms with Crippen LogP contribution < -0.4 is 4.74 Å². The average molecular weight is 598 g/mol. The van der Waals surface area contributed by atoms with Gasteiger partial charge >= 0.3 is 12.3 Å². The summed E-state index contributed by atoms with van der Waals surface area (Å²) in [5.41, 5.74) is 0.494. The predicted molar refractivity (Wildman–Crippen MR) is 141 cm³/mol. The van der Waals surface area contributed by atoms with Crippen molar-refractivity contribution in [2.75, 3.05) is 6.61 Å². The first kappa shape index (κ1) is 27.6. The SMILES string of the molecule is O=C(O)c1ccc(-c2noc(C34CCC(OCc5c(-c6ccccc6OC(F)(F)F)noc5C5CC5)(CC3)CO4)n2)cc1. The lowest BCUT2D eigenvalue weighted by Gasteiger charge is -2.50. The van der Waals surface area contributed by atoms with Crippen molar-refractivity contribution < 1.29 is 46.3 Å². The van der Waals surface area contributed by atoms with Gasteiger partial charge in [0.05, 0.1) is 24.4 Å². The molecule has 2 saturated heterocycles. The summed E-state index contributed by atoms with van der Waals surface area (Å²) in [6.07, 6.45) is -0.602. The molecule has 0 spiro atoms. The van der Waals surface area contributed by atoms with Gasteiger partial charge in [0.15, 0.2) is 0 Å². The van der Waals surface area contributed by atoms with Crippen molar-refractivity contribution in [3.05, 3.63) is 71.3 Å². The molecule has 2 bridgehead atoms. The van der Waals surface area contributed by atoms with Gasteiger partial charge in [-0.1, -0.05) is 34.6 Å². The summed E-state index contributed by atoms with van der Waals surface area (Å²) >= 11 is 0. The van der Waals surface area contributed by atoms with Crippen molar-refractivity contribution in [1.82, 2.24) is 15.3 Å². The second-order valence-electron chi connectivity index (χ2n) is 11.3. The van der Waals surface area contributed by atoms with Crippen LogP contribution in [0.4, 0.5) is 13.2 Å². The highest BCUT2D eigenvalue weighted by molar-refractivity contribution is 5.88. The van der Waals surface area contributed by atoms with E-state index in [0.717, 1.165) is 12.8 Å². The van der Waals surface area contributed by atoms with E-state index in [4.69, 9.17) is 23.6 Å². The first-order chi connectivity index (χ1) is 20.6. The number of benzene rings is 2. The van der Waals surface area contributed by atoms with Crippen LogP contribution in [0.25, 0.3) is 22.6 Å². The van der Waals surface area contributed by atoms with E-state index in [0.29, 0.717) is 54.3 Å². The molecule has 10 nitrogen and oxygen atoms in total. The lowest BCUT2D eigenvalue weighted by molar-refractivity contribution is -0.274. The van der Waals surface area contributed by atoms with Crippen LogP contribution in [-0.4, -0.2) is 44.9 Å². The van der Waals surface area contributed by atoms with Gasteiger partial charge in [-0.05, 0) is 62.8 Å². The molecular formula is C30H26F3N3O7. The fourth-order valence-corrected chi connectivity index (χ4v) is 5.86. The maximum atomic E-state index is 13.1. The van der Waals surface area contributed by atoms with Gasteiger partial charge < -0.3 is 28.4 Å². The van der Waals surface area contributed by atoms with Crippen LogP contribution in [0.2, 0.25) is 0 Å². The van der Waals surface area contributed by atoms with Crippen LogP contribution in [0, 0.1) is 0 Å². The quantitative estimate of drug-likeness (QED) is 0.225. The summed E-state index contributed by atoms with van der Waals surface area (Å²) in [7, 11) is 0. The fourth-order valence-electron chi connectivity index (χ4n) is 5.86. The minimum Gasteiger partial charge on any atom is -0.478 e. The molecule has 0 radical (unpaired) electrons. The number of aromatic nitrogens is 3. The van der Waals surface area contributed by atoms with Crippen LogP contribution in [0.1, 0.15) is 72.0 Å². The maximum absolute atomic E-state index is 13.1. The van der Waals surface area contributed by atoms with E-state index in [1.54, 1.807) is 18.2 Å². The molecule has 2 aromatic carbocycles. The van der Waals surface area contributed by atoms with Gasteiger partial charge in [0.1, 0.15) is 22.8 Å². The van der Waals surface area contributed by atoms with Gasteiger partial charge in [-0.2, -0.15) is 4.98 Å². The van der Waals surface area contributed by atoms with Crippen molar-refractivity contribution >= 4 is 5.97 Å². The number of hydrogen-bond donors (Lipinski definition) is 1. The molecule has 2 aromatic heterocycles. The molecule has 224 valence electrons. The number of alkyl halides is 3. The Balaban J connectivity index is 1.07. The lowest BCUT2D eigenvalue weighted by atomic mass is 9.73. The largest absolute Gasteiger partial charge is 0.573 e. The summed E-state index contributed by atoms with van der Waals surface area (Å²) in [4.78, 5) is 15.7. The standard InChI is InChI=1S/C30H26F3N3O7/c31-30(32,33)41-22-4-2-1-3-20(22)23-21(24(42-35-23)17-5-6-17)15-39-28-11-13-29(14-12-28,40-16-28)27-34-25(36-43-27)18-7-9-19(10-8-18)26(37)38/h1-4,7-10,17H,5-6,11-16H2,(H,37,38). The molecule has 1 N–H and O–H groups in total. The third-order valence-corrected chi connectivity index (χ3v) is 8.44. The first-order valence-corrected chi connectivity index (χ1v) is 13.9. The second kappa shape index (κ2) is 10.2. The minimum atomic E-state index is -4.85. The number of nitrogens with zero attached hydrogens (tertiary/aromatic N) is 3. The molecule has 0 amide bonds. The molecule has 4 aliphatic rings. The summed E-state index contributed by atoms with van der Waals surface area (Å²) < 4.78 is 67.7. The van der Waals surface area contributed by atoms with Gasteiger partial charge in [-0.15, -0.1) is 13.2 Å². The maximum Gasteiger partial charge on any atom is 0.573 e. The lowest BCUT2D eigenvalue weighted by Crippen LogP contribution is -2.54. The molecule has 43 heavy (non-hydrogen) atoms. The van der Waals surface area contributed by atoms with E-state index in [1.165, 1.54) is 30.3 Å². The number of carboxylic acid groups (broad SMARTS) is 1. The molecule has 0 atom stereocenters. The van der Waals surface area contributed by atoms with Gasteiger partial charge in [-0.25, -0.2) is 4.79 Å². The summed E-state index contributed by atoms with van der Waals surface area (Å²) in [5.74, 6) is 0.103. The number of aromatic carboxylic acids is 1. The number of hydrogen-bond acceptors (Lipinski definition) is 9. The fraction of sp³-hybridized carbons (Fsp3) is 0.400. The second-order valence-corrected chi connectivity index (χ2v) is 11.3. The van der Waals surface area contributed by atoms with Crippen molar-refractivity contribution in [3.8, 4) is 28.4 Å².